The summed E-state index contributed by atoms with van der Waals surface area (Å²) in [5.74, 6) is -4.69. The minimum atomic E-state index is -4.98. The predicted octanol–water partition coefficient (Wildman–Crippen LogP) is 4.22. The van der Waals surface area contributed by atoms with Crippen LogP contribution in [0.15, 0.2) is 22.7 Å². The summed E-state index contributed by atoms with van der Waals surface area (Å²) < 4.78 is 67.8. The Labute approximate surface area is 131 Å². The van der Waals surface area contributed by atoms with E-state index in [9.17, 15) is 26.7 Å². The van der Waals surface area contributed by atoms with Crippen molar-refractivity contribution in [3.8, 4) is 5.75 Å². The minimum absolute atomic E-state index is 0.0492. The van der Waals surface area contributed by atoms with Crippen LogP contribution in [0, 0.1) is 0 Å². The third-order valence-electron chi connectivity index (χ3n) is 3.09. The van der Waals surface area contributed by atoms with E-state index in [1.165, 1.54) is 12.1 Å². The van der Waals surface area contributed by atoms with Gasteiger partial charge in [0.15, 0.2) is 0 Å². The van der Waals surface area contributed by atoms with Gasteiger partial charge in [-0.05, 0) is 34.5 Å². The number of ether oxygens (including phenoxy) is 1. The van der Waals surface area contributed by atoms with Gasteiger partial charge in [-0.3, -0.25) is 4.79 Å². The molecule has 0 aliphatic carbocycles. The Hall–Kier alpha value is -1.38. The number of likely N-dealkylation sites (tertiary alicyclic amines) is 1. The van der Waals surface area contributed by atoms with E-state index in [-0.39, 0.29) is 23.9 Å². The van der Waals surface area contributed by atoms with Crippen molar-refractivity contribution in [2.45, 2.75) is 25.1 Å². The van der Waals surface area contributed by atoms with E-state index in [2.05, 4.69) is 20.7 Å². The van der Waals surface area contributed by atoms with Crippen LogP contribution in [0.2, 0.25) is 0 Å². The molecule has 0 saturated carbocycles. The molecule has 1 aliphatic rings. The summed E-state index contributed by atoms with van der Waals surface area (Å²) in [4.78, 5) is 13.2. The molecule has 1 saturated heterocycles. The summed E-state index contributed by atoms with van der Waals surface area (Å²) in [5, 5.41) is 0. The number of piperidine rings is 1. The van der Waals surface area contributed by atoms with E-state index in [1.54, 1.807) is 0 Å². The number of halogens is 6. The van der Waals surface area contributed by atoms with Gasteiger partial charge in [0.05, 0.1) is 12.1 Å². The van der Waals surface area contributed by atoms with Crippen LogP contribution in [0.5, 0.6) is 5.75 Å². The molecule has 1 heterocycles. The second kappa shape index (κ2) is 6.02. The second-order valence-electron chi connectivity index (χ2n) is 4.85. The zero-order valence-corrected chi connectivity index (χ0v) is 12.7. The van der Waals surface area contributed by atoms with Gasteiger partial charge in [0.25, 0.3) is 11.8 Å². The number of carbonyl (C=O) groups is 1. The summed E-state index contributed by atoms with van der Waals surface area (Å²) in [7, 11) is 0. The molecule has 0 atom stereocenters. The highest BCUT2D eigenvalue weighted by Crippen LogP contribution is 2.34. The number of hydrogen-bond acceptors (Lipinski definition) is 2. The van der Waals surface area contributed by atoms with Crippen molar-refractivity contribution in [2.24, 2.45) is 0 Å². The molecule has 0 unspecified atom stereocenters. The van der Waals surface area contributed by atoms with Crippen LogP contribution in [-0.4, -0.2) is 36.2 Å². The van der Waals surface area contributed by atoms with Crippen molar-refractivity contribution < 1.29 is 31.5 Å². The molecule has 3 nitrogen and oxygen atoms in total. The first-order chi connectivity index (χ1) is 10.1. The quantitative estimate of drug-likeness (QED) is 0.711. The van der Waals surface area contributed by atoms with Gasteiger partial charge in [-0.25, -0.2) is 8.78 Å². The molecular weight excluding hydrogens is 377 g/mol. The van der Waals surface area contributed by atoms with Crippen LogP contribution in [0.4, 0.5) is 22.0 Å². The molecule has 2 rings (SSSR count). The fourth-order valence-electron chi connectivity index (χ4n) is 2.22. The SMILES string of the molecule is O=C(c1c(Br)cccc1OC(F)(F)F)N1CCCC(F)(F)C1. The summed E-state index contributed by atoms with van der Waals surface area (Å²) in [6.07, 6.45) is -5.25. The smallest absolute Gasteiger partial charge is 0.405 e. The number of benzene rings is 1. The minimum Gasteiger partial charge on any atom is -0.405 e. The molecule has 0 aromatic heterocycles. The average molecular weight is 388 g/mol. The first-order valence-electron chi connectivity index (χ1n) is 6.30. The highest BCUT2D eigenvalue weighted by Gasteiger charge is 2.39. The van der Waals surface area contributed by atoms with Gasteiger partial charge in [0.1, 0.15) is 5.75 Å². The maximum Gasteiger partial charge on any atom is 0.573 e. The van der Waals surface area contributed by atoms with Crippen LogP contribution in [0.25, 0.3) is 0 Å². The molecule has 1 amide bonds. The van der Waals surface area contributed by atoms with E-state index in [4.69, 9.17) is 0 Å². The lowest BCUT2D eigenvalue weighted by Gasteiger charge is -2.33. The molecule has 1 fully saturated rings. The Bertz CT molecular complexity index is 576. The van der Waals surface area contributed by atoms with Gasteiger partial charge in [0.2, 0.25) is 0 Å². The Kier molecular flexibility index (Phi) is 4.65. The fourth-order valence-corrected chi connectivity index (χ4v) is 2.74. The number of carbonyl (C=O) groups excluding carboxylic acids is 1. The van der Waals surface area contributed by atoms with Crippen LogP contribution in [-0.2, 0) is 0 Å². The first-order valence-corrected chi connectivity index (χ1v) is 7.10. The number of nitrogens with zero attached hydrogens (tertiary/aromatic N) is 1. The maximum absolute atomic E-state index is 13.4. The standard InChI is InChI=1S/C13H11BrF5NO2/c14-8-3-1-4-9(22-13(17,18)19)10(8)11(21)20-6-2-5-12(15,16)7-20/h1,3-4H,2,5-7H2. The van der Waals surface area contributed by atoms with Gasteiger partial charge < -0.3 is 9.64 Å². The van der Waals surface area contributed by atoms with Crippen LogP contribution in [0.1, 0.15) is 23.2 Å². The van der Waals surface area contributed by atoms with Crippen molar-refractivity contribution in [3.05, 3.63) is 28.2 Å². The molecule has 122 valence electrons. The van der Waals surface area contributed by atoms with Gasteiger partial charge in [-0.15, -0.1) is 13.2 Å². The average Bonchev–Trinajstić information content (AvgIpc) is 2.35. The molecule has 1 aliphatic heterocycles. The van der Waals surface area contributed by atoms with Gasteiger partial charge >= 0.3 is 6.36 Å². The van der Waals surface area contributed by atoms with Gasteiger partial charge in [-0.1, -0.05) is 6.07 Å². The normalized spacial score (nSPS) is 18.2. The summed E-state index contributed by atoms with van der Waals surface area (Å²) >= 11 is 2.97. The second-order valence-corrected chi connectivity index (χ2v) is 5.70. The third kappa shape index (κ3) is 4.08. The van der Waals surface area contributed by atoms with Crippen LogP contribution < -0.4 is 4.74 Å². The van der Waals surface area contributed by atoms with Crippen molar-refractivity contribution >= 4 is 21.8 Å². The van der Waals surface area contributed by atoms with E-state index in [0.717, 1.165) is 11.0 Å². The van der Waals surface area contributed by atoms with Crippen LogP contribution in [0.3, 0.4) is 0 Å². The topological polar surface area (TPSA) is 29.5 Å². The van der Waals surface area contributed by atoms with E-state index in [0.29, 0.717) is 0 Å². The summed E-state index contributed by atoms with van der Waals surface area (Å²) in [5.41, 5.74) is -0.419. The largest absolute Gasteiger partial charge is 0.573 e. The van der Waals surface area contributed by atoms with Crippen molar-refractivity contribution in [2.75, 3.05) is 13.1 Å². The number of amides is 1. The Morgan fingerprint density at radius 2 is 2.00 bits per heavy atom. The Morgan fingerprint density at radius 3 is 2.59 bits per heavy atom. The molecule has 0 radical (unpaired) electrons. The monoisotopic (exact) mass is 387 g/mol. The molecule has 9 heteroatoms. The molecule has 0 N–H and O–H groups in total. The summed E-state index contributed by atoms with van der Waals surface area (Å²) in [6.45, 7) is -0.764. The fraction of sp³-hybridized carbons (Fsp3) is 0.462. The number of alkyl halides is 5. The summed E-state index contributed by atoms with van der Waals surface area (Å²) in [6, 6.07) is 3.57. The number of hydrogen-bond donors (Lipinski definition) is 0. The lowest BCUT2D eigenvalue weighted by atomic mass is 10.1. The van der Waals surface area contributed by atoms with E-state index in [1.807, 2.05) is 0 Å². The lowest BCUT2D eigenvalue weighted by Crippen LogP contribution is -2.45. The molecule has 1 aromatic rings. The van der Waals surface area contributed by atoms with Crippen LogP contribution >= 0.6 is 15.9 Å². The molecule has 22 heavy (non-hydrogen) atoms. The van der Waals surface area contributed by atoms with E-state index < -0.39 is 36.0 Å². The zero-order chi connectivity index (χ0) is 16.5. The Morgan fingerprint density at radius 1 is 1.32 bits per heavy atom. The molecule has 0 spiro atoms. The maximum atomic E-state index is 13.4. The van der Waals surface area contributed by atoms with Crippen molar-refractivity contribution in [3.63, 3.8) is 0 Å². The molecular formula is C13H11BrF5NO2. The zero-order valence-electron chi connectivity index (χ0n) is 11.1. The predicted molar refractivity (Wildman–Crippen MR) is 70.9 cm³/mol. The van der Waals surface area contributed by atoms with Gasteiger partial charge in [0, 0.05) is 17.4 Å². The molecule has 0 bridgehead atoms. The lowest BCUT2D eigenvalue weighted by molar-refractivity contribution is -0.274. The van der Waals surface area contributed by atoms with Gasteiger partial charge in [-0.2, -0.15) is 0 Å². The van der Waals surface area contributed by atoms with E-state index >= 15 is 0 Å². The van der Waals surface area contributed by atoms with Crippen molar-refractivity contribution in [1.29, 1.82) is 0 Å². The number of rotatable bonds is 2. The molecule has 1 aromatic carbocycles. The highest BCUT2D eigenvalue weighted by atomic mass is 79.9. The third-order valence-corrected chi connectivity index (χ3v) is 3.76. The highest BCUT2D eigenvalue weighted by molar-refractivity contribution is 9.10. The van der Waals surface area contributed by atoms with Crippen molar-refractivity contribution in [1.82, 2.24) is 4.90 Å². The Balaban J connectivity index is 2.33. The first kappa shape index (κ1) is 17.0.